The van der Waals surface area contributed by atoms with Gasteiger partial charge in [-0.1, -0.05) is 0 Å². The zero-order valence-electron chi connectivity index (χ0n) is 8.92. The van der Waals surface area contributed by atoms with E-state index >= 15 is 0 Å². The first-order chi connectivity index (χ1) is 7.06. The quantitative estimate of drug-likeness (QED) is 0.589. The molecule has 2 nitrogen and oxygen atoms in total. The smallest absolute Gasteiger partial charge is 0.154 e. The second-order valence-electron chi connectivity index (χ2n) is 3.73. The Hall–Kier alpha value is -1.22. The molecular weight excluding hydrogens is 208 g/mol. The van der Waals surface area contributed by atoms with Crippen LogP contribution in [0.3, 0.4) is 0 Å². The number of aryl methyl sites for hydroxylation is 2. The van der Waals surface area contributed by atoms with Gasteiger partial charge in [0.1, 0.15) is 11.3 Å². The Kier molecular flexibility index (Phi) is 2.35. The van der Waals surface area contributed by atoms with Crippen molar-refractivity contribution in [3.63, 3.8) is 0 Å². The number of thiol groups is 1. The lowest BCUT2D eigenvalue weighted by molar-refractivity contribution is 0.112. The van der Waals surface area contributed by atoms with Gasteiger partial charge in [0.05, 0.1) is 10.5 Å². The summed E-state index contributed by atoms with van der Waals surface area (Å²) in [5.41, 5.74) is 3.34. The molecule has 3 heteroatoms. The molecule has 0 aliphatic rings. The topological polar surface area (TPSA) is 30.2 Å². The third kappa shape index (κ3) is 1.38. The number of rotatable bonds is 1. The maximum Gasteiger partial charge on any atom is 0.154 e. The van der Waals surface area contributed by atoms with Gasteiger partial charge in [-0.2, -0.15) is 0 Å². The van der Waals surface area contributed by atoms with Gasteiger partial charge >= 0.3 is 0 Å². The summed E-state index contributed by atoms with van der Waals surface area (Å²) in [6, 6.07) is 2.01. The second-order valence-corrected chi connectivity index (χ2v) is 4.18. The van der Waals surface area contributed by atoms with Crippen molar-refractivity contribution in [1.82, 2.24) is 0 Å². The first-order valence-corrected chi connectivity index (χ1v) is 5.18. The van der Waals surface area contributed by atoms with Crippen molar-refractivity contribution in [2.45, 2.75) is 25.7 Å². The van der Waals surface area contributed by atoms with Crippen LogP contribution in [-0.2, 0) is 0 Å². The molecule has 0 atom stereocenters. The number of hydrogen-bond acceptors (Lipinski definition) is 3. The van der Waals surface area contributed by atoms with E-state index in [1.807, 2.05) is 26.8 Å². The lowest BCUT2D eigenvalue weighted by Gasteiger charge is -2.03. The molecule has 1 aromatic heterocycles. The number of benzene rings is 1. The van der Waals surface area contributed by atoms with Crippen molar-refractivity contribution in [2.24, 2.45) is 0 Å². The summed E-state index contributed by atoms with van der Waals surface area (Å²) >= 11 is 4.37. The van der Waals surface area contributed by atoms with E-state index < -0.39 is 0 Å². The number of carbonyl (C=O) groups is 1. The average Bonchev–Trinajstić information content (AvgIpc) is 2.47. The van der Waals surface area contributed by atoms with Gasteiger partial charge in [-0.15, -0.1) is 12.6 Å². The van der Waals surface area contributed by atoms with Gasteiger partial charge < -0.3 is 4.42 Å². The van der Waals surface area contributed by atoms with Gasteiger partial charge in [0, 0.05) is 5.39 Å². The fraction of sp³-hybridized carbons (Fsp3) is 0.250. The molecule has 1 heterocycles. The van der Waals surface area contributed by atoms with Crippen LogP contribution in [0, 0.1) is 20.8 Å². The van der Waals surface area contributed by atoms with E-state index in [1.165, 1.54) is 0 Å². The minimum atomic E-state index is 0.633. The van der Waals surface area contributed by atoms with Crippen molar-refractivity contribution in [3.05, 3.63) is 28.5 Å². The summed E-state index contributed by atoms with van der Waals surface area (Å²) in [5.74, 6) is 0.751. The standard InChI is InChI=1S/C12H12O2S/c1-6-4-9-11(10(5-13)7(6)2)14-8(3)12(9)15/h4-5,15H,1-3H3. The fourth-order valence-corrected chi connectivity index (χ4v) is 1.95. The third-order valence-electron chi connectivity index (χ3n) is 2.81. The van der Waals surface area contributed by atoms with E-state index in [9.17, 15) is 4.79 Å². The van der Waals surface area contributed by atoms with Crippen molar-refractivity contribution in [3.8, 4) is 0 Å². The van der Waals surface area contributed by atoms with Crippen molar-refractivity contribution < 1.29 is 9.21 Å². The first kappa shape index (κ1) is 10.3. The highest BCUT2D eigenvalue weighted by molar-refractivity contribution is 7.80. The van der Waals surface area contributed by atoms with Crippen molar-refractivity contribution >= 4 is 29.9 Å². The number of carbonyl (C=O) groups excluding carboxylic acids is 1. The Balaban J connectivity index is 3.00. The predicted molar refractivity (Wildman–Crippen MR) is 63.1 cm³/mol. The molecule has 0 N–H and O–H groups in total. The minimum Gasteiger partial charge on any atom is -0.459 e. The van der Waals surface area contributed by atoms with Crippen LogP contribution in [0.25, 0.3) is 11.0 Å². The molecule has 0 spiro atoms. The SMILES string of the molecule is Cc1cc2c(S)c(C)oc2c(C=O)c1C. The van der Waals surface area contributed by atoms with Gasteiger partial charge in [0.15, 0.2) is 6.29 Å². The van der Waals surface area contributed by atoms with E-state index in [-0.39, 0.29) is 0 Å². The Morgan fingerprint density at radius 2 is 2.00 bits per heavy atom. The van der Waals surface area contributed by atoms with Crippen LogP contribution in [0.1, 0.15) is 27.2 Å². The molecule has 2 aromatic rings. The van der Waals surface area contributed by atoms with Crippen LogP contribution in [0.15, 0.2) is 15.4 Å². The minimum absolute atomic E-state index is 0.633. The fourth-order valence-electron chi connectivity index (χ4n) is 1.74. The molecule has 0 aliphatic carbocycles. The molecule has 0 unspecified atom stereocenters. The van der Waals surface area contributed by atoms with Crippen molar-refractivity contribution in [1.29, 1.82) is 0 Å². The Bertz CT molecular complexity index is 552. The lowest BCUT2D eigenvalue weighted by Crippen LogP contribution is -1.90. The molecule has 0 bridgehead atoms. The monoisotopic (exact) mass is 220 g/mol. The molecule has 0 saturated carbocycles. The second kappa shape index (κ2) is 3.42. The van der Waals surface area contributed by atoms with Crippen LogP contribution in [0.5, 0.6) is 0 Å². The summed E-state index contributed by atoms with van der Waals surface area (Å²) in [6.07, 6.45) is 0.848. The lowest BCUT2D eigenvalue weighted by atomic mass is 10.0. The molecule has 78 valence electrons. The van der Waals surface area contributed by atoms with Crippen LogP contribution < -0.4 is 0 Å². The Morgan fingerprint density at radius 3 is 2.60 bits per heavy atom. The molecule has 0 fully saturated rings. The molecule has 1 aromatic carbocycles. The van der Waals surface area contributed by atoms with E-state index in [1.54, 1.807) is 0 Å². The van der Waals surface area contributed by atoms with Gasteiger partial charge in [-0.3, -0.25) is 4.79 Å². The van der Waals surface area contributed by atoms with Gasteiger partial charge in [0.25, 0.3) is 0 Å². The summed E-state index contributed by atoms with van der Waals surface area (Å²) in [6.45, 7) is 5.76. The number of hydrogen-bond donors (Lipinski definition) is 1. The van der Waals surface area contributed by atoms with Gasteiger partial charge in [-0.25, -0.2) is 0 Å². The molecule has 0 amide bonds. The highest BCUT2D eigenvalue weighted by atomic mass is 32.1. The van der Waals surface area contributed by atoms with Gasteiger partial charge in [0.2, 0.25) is 0 Å². The van der Waals surface area contributed by atoms with E-state index in [2.05, 4.69) is 12.6 Å². The maximum absolute atomic E-state index is 11.0. The van der Waals surface area contributed by atoms with Crippen LogP contribution in [0.4, 0.5) is 0 Å². The zero-order valence-corrected chi connectivity index (χ0v) is 9.81. The first-order valence-electron chi connectivity index (χ1n) is 4.73. The Labute approximate surface area is 93.7 Å². The highest BCUT2D eigenvalue weighted by Crippen LogP contribution is 2.33. The molecule has 0 aliphatic heterocycles. The number of fused-ring (bicyclic) bond motifs is 1. The van der Waals surface area contributed by atoms with Crippen LogP contribution in [-0.4, -0.2) is 6.29 Å². The summed E-state index contributed by atoms with van der Waals surface area (Å²) in [4.78, 5) is 11.8. The third-order valence-corrected chi connectivity index (χ3v) is 3.36. The van der Waals surface area contributed by atoms with Crippen LogP contribution >= 0.6 is 12.6 Å². The summed E-state index contributed by atoms with van der Waals surface area (Å²) in [5, 5.41) is 0.918. The highest BCUT2D eigenvalue weighted by Gasteiger charge is 2.14. The predicted octanol–water partition coefficient (Wildman–Crippen LogP) is 3.46. The largest absolute Gasteiger partial charge is 0.459 e. The van der Waals surface area contributed by atoms with E-state index in [0.29, 0.717) is 11.1 Å². The Morgan fingerprint density at radius 1 is 1.33 bits per heavy atom. The average molecular weight is 220 g/mol. The molecule has 2 rings (SSSR count). The van der Waals surface area contributed by atoms with Crippen molar-refractivity contribution in [2.75, 3.05) is 0 Å². The maximum atomic E-state index is 11.0. The zero-order chi connectivity index (χ0) is 11.2. The molecule has 0 radical (unpaired) electrons. The number of furan rings is 1. The molecule has 15 heavy (non-hydrogen) atoms. The molecule has 0 saturated heterocycles. The summed E-state index contributed by atoms with van der Waals surface area (Å²) in [7, 11) is 0. The normalized spacial score (nSPS) is 10.9. The van der Waals surface area contributed by atoms with E-state index in [0.717, 1.165) is 33.5 Å². The van der Waals surface area contributed by atoms with Crippen LogP contribution in [0.2, 0.25) is 0 Å². The van der Waals surface area contributed by atoms with E-state index in [4.69, 9.17) is 4.42 Å². The summed E-state index contributed by atoms with van der Waals surface area (Å²) < 4.78 is 5.55. The van der Waals surface area contributed by atoms with Gasteiger partial charge in [-0.05, 0) is 38.0 Å². The number of aldehydes is 1. The molecular formula is C12H12O2S.